The average molecular weight is 456 g/mol. The average Bonchev–Trinajstić information content (AvgIpc) is 2.77. The number of likely N-dealkylation sites (tertiary alicyclic amines) is 1. The van der Waals surface area contributed by atoms with Gasteiger partial charge in [0.05, 0.1) is 0 Å². The Kier molecular flexibility index (Phi) is 8.95. The first-order valence-corrected chi connectivity index (χ1v) is 12.5. The van der Waals surface area contributed by atoms with E-state index in [2.05, 4.69) is 61.1 Å². The standard InChI is InChI=1S/C27H41N3O3/c1-5-6-7-9-20-18-21-10-8-14-28-25(21)23(19-20)33-22-11-15-30(16-12-22)17-13-24(27(2,3)4)29-26(31)32/h8,10,14,18-19,22,24,29H,5-7,9,11-13,15-17H2,1-4H3,(H,31,32). The quantitative estimate of drug-likeness (QED) is 0.437. The molecule has 3 rings (SSSR count). The van der Waals surface area contributed by atoms with Crippen molar-refractivity contribution in [1.29, 1.82) is 0 Å². The van der Waals surface area contributed by atoms with Crippen LogP contribution in [0.4, 0.5) is 4.79 Å². The molecule has 0 aliphatic carbocycles. The van der Waals surface area contributed by atoms with Crippen molar-refractivity contribution < 1.29 is 14.6 Å². The molecule has 6 nitrogen and oxygen atoms in total. The number of aryl methyl sites for hydroxylation is 1. The molecular formula is C27H41N3O3. The number of benzene rings is 1. The fraction of sp³-hybridized carbons (Fsp3) is 0.630. The van der Waals surface area contributed by atoms with Gasteiger partial charge in [0.25, 0.3) is 0 Å². The molecule has 1 aromatic heterocycles. The SMILES string of the molecule is CCCCCc1cc(OC2CCN(CCC(NC(=O)O)C(C)(C)C)CC2)c2ncccc2c1. The third-order valence-corrected chi connectivity index (χ3v) is 6.70. The highest BCUT2D eigenvalue weighted by Gasteiger charge is 2.28. The minimum absolute atomic E-state index is 0.0585. The van der Waals surface area contributed by atoms with Gasteiger partial charge in [-0.2, -0.15) is 0 Å². The third-order valence-electron chi connectivity index (χ3n) is 6.70. The molecule has 6 heteroatoms. The number of hydrogen-bond donors (Lipinski definition) is 2. The molecular weight excluding hydrogens is 414 g/mol. The molecule has 1 amide bonds. The van der Waals surface area contributed by atoms with E-state index in [0.717, 1.165) is 62.0 Å². The highest BCUT2D eigenvalue weighted by atomic mass is 16.5. The zero-order valence-electron chi connectivity index (χ0n) is 20.8. The van der Waals surface area contributed by atoms with Crippen LogP contribution in [-0.2, 0) is 6.42 Å². The smallest absolute Gasteiger partial charge is 0.404 e. The first kappa shape index (κ1) is 25.3. The summed E-state index contributed by atoms with van der Waals surface area (Å²) in [7, 11) is 0. The first-order valence-electron chi connectivity index (χ1n) is 12.5. The number of unbranched alkanes of at least 4 members (excludes halogenated alkanes) is 2. The summed E-state index contributed by atoms with van der Waals surface area (Å²) in [5.74, 6) is 0.913. The van der Waals surface area contributed by atoms with Crippen molar-refractivity contribution in [3.8, 4) is 5.75 Å². The summed E-state index contributed by atoms with van der Waals surface area (Å²) >= 11 is 0. The first-order chi connectivity index (χ1) is 15.8. The Bertz CT molecular complexity index is 901. The predicted octanol–water partition coefficient (Wildman–Crippen LogP) is 5.88. The third kappa shape index (κ3) is 7.60. The van der Waals surface area contributed by atoms with Gasteiger partial charge in [-0.1, -0.05) is 46.6 Å². The zero-order valence-corrected chi connectivity index (χ0v) is 20.8. The Hall–Kier alpha value is -2.34. The molecule has 1 saturated heterocycles. The van der Waals surface area contributed by atoms with Crippen LogP contribution in [0.1, 0.15) is 71.8 Å². The second-order valence-electron chi connectivity index (χ2n) is 10.4. The highest BCUT2D eigenvalue weighted by molar-refractivity contribution is 5.85. The molecule has 1 unspecified atom stereocenters. The van der Waals surface area contributed by atoms with Crippen LogP contribution in [0.25, 0.3) is 10.9 Å². The van der Waals surface area contributed by atoms with E-state index in [1.54, 1.807) is 0 Å². The number of rotatable bonds is 10. The number of aromatic nitrogens is 1. The van der Waals surface area contributed by atoms with Crippen LogP contribution in [0.2, 0.25) is 0 Å². The number of nitrogens with zero attached hydrogens (tertiary/aromatic N) is 2. The van der Waals surface area contributed by atoms with Gasteiger partial charge in [-0.25, -0.2) is 4.79 Å². The molecule has 2 heterocycles. The molecule has 1 atom stereocenters. The lowest BCUT2D eigenvalue weighted by molar-refractivity contribution is 0.0945. The molecule has 0 spiro atoms. The summed E-state index contributed by atoms with van der Waals surface area (Å²) in [6, 6.07) is 8.51. The number of nitrogens with one attached hydrogen (secondary N) is 1. The number of ether oxygens (including phenoxy) is 1. The molecule has 0 saturated carbocycles. The van der Waals surface area contributed by atoms with Gasteiger partial charge in [0.2, 0.25) is 0 Å². The van der Waals surface area contributed by atoms with Gasteiger partial charge in [-0.3, -0.25) is 4.98 Å². The van der Waals surface area contributed by atoms with Gasteiger partial charge < -0.3 is 20.1 Å². The lowest BCUT2D eigenvalue weighted by atomic mass is 9.84. The molecule has 33 heavy (non-hydrogen) atoms. The van der Waals surface area contributed by atoms with Gasteiger partial charge in [-0.15, -0.1) is 0 Å². The summed E-state index contributed by atoms with van der Waals surface area (Å²) in [5.41, 5.74) is 2.18. The maximum Gasteiger partial charge on any atom is 0.404 e. The number of piperidine rings is 1. The van der Waals surface area contributed by atoms with Crippen LogP contribution in [0.5, 0.6) is 5.75 Å². The monoisotopic (exact) mass is 455 g/mol. The number of fused-ring (bicyclic) bond motifs is 1. The molecule has 0 bridgehead atoms. The van der Waals surface area contributed by atoms with Crippen LogP contribution in [-0.4, -0.2) is 52.9 Å². The molecule has 1 aliphatic heterocycles. The predicted molar refractivity (Wildman–Crippen MR) is 134 cm³/mol. The molecule has 1 aromatic carbocycles. The molecule has 1 fully saturated rings. The van der Waals surface area contributed by atoms with Crippen LogP contribution < -0.4 is 10.1 Å². The maximum atomic E-state index is 11.2. The Balaban J connectivity index is 1.57. The summed E-state index contributed by atoms with van der Waals surface area (Å²) in [6.07, 6.45) is 8.59. The van der Waals surface area contributed by atoms with Crippen molar-refractivity contribution in [2.75, 3.05) is 19.6 Å². The summed E-state index contributed by atoms with van der Waals surface area (Å²) < 4.78 is 6.52. The molecule has 2 aromatic rings. The van der Waals surface area contributed by atoms with E-state index in [1.165, 1.54) is 24.8 Å². The van der Waals surface area contributed by atoms with Gasteiger partial charge in [0.1, 0.15) is 17.4 Å². The topological polar surface area (TPSA) is 74.7 Å². The van der Waals surface area contributed by atoms with Crippen molar-refractivity contribution in [1.82, 2.24) is 15.2 Å². The van der Waals surface area contributed by atoms with Gasteiger partial charge in [0.15, 0.2) is 0 Å². The number of amides is 1. The van der Waals surface area contributed by atoms with Gasteiger partial charge >= 0.3 is 6.09 Å². The van der Waals surface area contributed by atoms with E-state index in [0.29, 0.717) is 0 Å². The Labute approximate surface area is 198 Å². The zero-order chi connectivity index (χ0) is 23.8. The van der Waals surface area contributed by atoms with Crippen LogP contribution in [0, 0.1) is 5.41 Å². The summed E-state index contributed by atoms with van der Waals surface area (Å²) in [5, 5.41) is 13.0. The Morgan fingerprint density at radius 3 is 2.70 bits per heavy atom. The Morgan fingerprint density at radius 1 is 1.27 bits per heavy atom. The second-order valence-corrected chi connectivity index (χ2v) is 10.4. The number of carboxylic acid groups (broad SMARTS) is 1. The summed E-state index contributed by atoms with van der Waals surface area (Å²) in [6.45, 7) is 11.3. The lowest BCUT2D eigenvalue weighted by Crippen LogP contribution is -2.46. The van der Waals surface area contributed by atoms with Crippen LogP contribution in [0.15, 0.2) is 30.5 Å². The van der Waals surface area contributed by atoms with E-state index in [4.69, 9.17) is 9.84 Å². The normalized spacial score (nSPS) is 16.6. The van der Waals surface area contributed by atoms with E-state index in [-0.39, 0.29) is 17.6 Å². The lowest BCUT2D eigenvalue weighted by Gasteiger charge is -2.35. The summed E-state index contributed by atoms with van der Waals surface area (Å²) in [4.78, 5) is 18.2. The number of hydrogen-bond acceptors (Lipinski definition) is 4. The molecule has 1 aliphatic rings. The number of carbonyl (C=O) groups is 1. The maximum absolute atomic E-state index is 11.2. The van der Waals surface area contributed by atoms with Crippen LogP contribution in [0.3, 0.4) is 0 Å². The molecule has 0 radical (unpaired) electrons. The number of pyridine rings is 1. The Morgan fingerprint density at radius 2 is 2.03 bits per heavy atom. The van der Waals surface area contributed by atoms with Gasteiger partial charge in [-0.05, 0) is 61.3 Å². The van der Waals surface area contributed by atoms with Gasteiger partial charge in [0, 0.05) is 37.3 Å². The fourth-order valence-electron chi connectivity index (χ4n) is 4.64. The van der Waals surface area contributed by atoms with E-state index in [9.17, 15) is 4.79 Å². The van der Waals surface area contributed by atoms with Crippen molar-refractivity contribution >= 4 is 17.0 Å². The van der Waals surface area contributed by atoms with E-state index < -0.39 is 6.09 Å². The van der Waals surface area contributed by atoms with E-state index >= 15 is 0 Å². The van der Waals surface area contributed by atoms with Crippen molar-refractivity contribution in [3.63, 3.8) is 0 Å². The van der Waals surface area contributed by atoms with Crippen molar-refractivity contribution in [2.45, 2.75) is 84.8 Å². The van der Waals surface area contributed by atoms with Crippen LogP contribution >= 0.6 is 0 Å². The fourth-order valence-corrected chi connectivity index (χ4v) is 4.64. The second kappa shape index (κ2) is 11.7. The van der Waals surface area contributed by atoms with Crippen molar-refractivity contribution in [2.24, 2.45) is 5.41 Å². The van der Waals surface area contributed by atoms with Crippen molar-refractivity contribution in [3.05, 3.63) is 36.0 Å². The minimum atomic E-state index is -0.945. The minimum Gasteiger partial charge on any atom is -0.488 e. The van der Waals surface area contributed by atoms with E-state index in [1.807, 2.05) is 12.3 Å². The molecule has 2 N–H and O–H groups in total. The highest BCUT2D eigenvalue weighted by Crippen LogP contribution is 2.30. The molecule has 182 valence electrons. The largest absolute Gasteiger partial charge is 0.488 e.